The van der Waals surface area contributed by atoms with Crippen molar-refractivity contribution in [2.45, 2.75) is 20.8 Å². The van der Waals surface area contributed by atoms with E-state index in [-0.39, 0.29) is 18.4 Å². The van der Waals surface area contributed by atoms with Gasteiger partial charge in [0.1, 0.15) is 0 Å². The molecule has 20 heavy (non-hydrogen) atoms. The molecule has 1 N–H and O–H groups in total. The van der Waals surface area contributed by atoms with E-state index in [4.69, 9.17) is 0 Å². The minimum absolute atomic E-state index is 0.0259. The van der Waals surface area contributed by atoms with Crippen LogP contribution < -0.4 is 5.32 Å². The molecular formula is C15H19BrN2O2. The van der Waals surface area contributed by atoms with Gasteiger partial charge in [0.15, 0.2) is 0 Å². The third kappa shape index (κ3) is 5.17. The summed E-state index contributed by atoms with van der Waals surface area (Å²) in [6.45, 7) is 5.63. The number of halogens is 1. The normalized spacial score (nSPS) is 9.85. The third-order valence-electron chi connectivity index (χ3n) is 2.63. The van der Waals surface area contributed by atoms with E-state index in [1.54, 1.807) is 7.05 Å². The number of nitrogens with one attached hydrogen (secondary N) is 1. The first kappa shape index (κ1) is 16.4. The minimum atomic E-state index is -0.214. The highest BCUT2D eigenvalue weighted by Gasteiger charge is 2.11. The Morgan fingerprint density at radius 2 is 2.00 bits per heavy atom. The van der Waals surface area contributed by atoms with Gasteiger partial charge in [-0.3, -0.25) is 9.59 Å². The Bertz CT molecular complexity index is 549. The van der Waals surface area contributed by atoms with Crippen molar-refractivity contribution < 1.29 is 9.59 Å². The highest BCUT2D eigenvalue weighted by molar-refractivity contribution is 9.10. The van der Waals surface area contributed by atoms with Crippen molar-refractivity contribution in [3.63, 3.8) is 0 Å². The monoisotopic (exact) mass is 338 g/mol. The van der Waals surface area contributed by atoms with Crippen LogP contribution in [0.3, 0.4) is 0 Å². The number of likely N-dealkylation sites (N-methyl/N-ethyl adjacent to an activating group) is 1. The second-order valence-electron chi connectivity index (χ2n) is 4.92. The molecule has 0 aromatic heterocycles. The molecule has 1 aromatic carbocycles. The topological polar surface area (TPSA) is 49.4 Å². The summed E-state index contributed by atoms with van der Waals surface area (Å²) in [6.07, 6.45) is 1.51. The Morgan fingerprint density at radius 3 is 2.55 bits per heavy atom. The predicted octanol–water partition coefficient (Wildman–Crippen LogP) is 3.12. The Labute approximate surface area is 128 Å². The number of benzene rings is 1. The fourth-order valence-corrected chi connectivity index (χ4v) is 2.08. The van der Waals surface area contributed by atoms with Gasteiger partial charge in [-0.2, -0.15) is 0 Å². The predicted molar refractivity (Wildman–Crippen MR) is 84.6 cm³/mol. The number of aryl methyl sites for hydroxylation is 1. The number of carbonyl (C=O) groups is 2. The van der Waals surface area contributed by atoms with Crippen molar-refractivity contribution >= 4 is 33.4 Å². The van der Waals surface area contributed by atoms with E-state index in [9.17, 15) is 9.59 Å². The molecule has 0 fully saturated rings. The quantitative estimate of drug-likeness (QED) is 0.857. The molecule has 1 rings (SSSR count). The molecule has 0 aliphatic heterocycles. The summed E-state index contributed by atoms with van der Waals surface area (Å²) in [5.74, 6) is -0.388. The van der Waals surface area contributed by atoms with Gasteiger partial charge in [0.2, 0.25) is 11.8 Å². The summed E-state index contributed by atoms with van der Waals surface area (Å²) >= 11 is 3.37. The molecule has 0 heterocycles. The van der Waals surface area contributed by atoms with E-state index in [1.807, 2.05) is 39.0 Å². The van der Waals surface area contributed by atoms with Gasteiger partial charge in [0.05, 0.1) is 6.54 Å². The third-order valence-corrected chi connectivity index (χ3v) is 3.12. The van der Waals surface area contributed by atoms with Crippen LogP contribution in [0.15, 0.2) is 34.3 Å². The standard InChI is InChI=1S/C15H19BrN2O2/c1-10(2)7-15(20)18(4)9-14(19)17-13-6-5-12(16)8-11(13)3/h5-8H,9H2,1-4H3,(H,17,19). The molecule has 4 nitrogen and oxygen atoms in total. The lowest BCUT2D eigenvalue weighted by Crippen LogP contribution is -2.34. The maximum Gasteiger partial charge on any atom is 0.246 e. The number of hydrogen-bond acceptors (Lipinski definition) is 2. The van der Waals surface area contributed by atoms with Crippen LogP contribution in [0.1, 0.15) is 19.4 Å². The van der Waals surface area contributed by atoms with Gasteiger partial charge >= 0.3 is 0 Å². The summed E-state index contributed by atoms with van der Waals surface area (Å²) in [5.41, 5.74) is 2.62. The van der Waals surface area contributed by atoms with Gasteiger partial charge in [0.25, 0.3) is 0 Å². The molecule has 2 amide bonds. The first-order valence-electron chi connectivity index (χ1n) is 6.25. The van der Waals surface area contributed by atoms with Gasteiger partial charge < -0.3 is 10.2 Å². The van der Waals surface area contributed by atoms with E-state index < -0.39 is 0 Å². The van der Waals surface area contributed by atoms with Gasteiger partial charge in [-0.15, -0.1) is 0 Å². The van der Waals surface area contributed by atoms with E-state index in [0.29, 0.717) is 0 Å². The summed E-state index contributed by atoms with van der Waals surface area (Å²) in [5, 5.41) is 2.80. The summed E-state index contributed by atoms with van der Waals surface area (Å²) < 4.78 is 0.962. The van der Waals surface area contributed by atoms with Gasteiger partial charge in [-0.25, -0.2) is 0 Å². The number of allylic oxidation sites excluding steroid dienone is 1. The lowest BCUT2D eigenvalue weighted by molar-refractivity contribution is -0.129. The van der Waals surface area contributed by atoms with Crippen LogP contribution in [0.25, 0.3) is 0 Å². The zero-order chi connectivity index (χ0) is 15.3. The molecule has 1 aromatic rings. The maximum atomic E-state index is 11.9. The van der Waals surface area contributed by atoms with Crippen molar-refractivity contribution in [1.29, 1.82) is 0 Å². The van der Waals surface area contributed by atoms with E-state index in [2.05, 4.69) is 21.2 Å². The Kier molecular flexibility index (Phi) is 5.95. The van der Waals surface area contributed by atoms with Crippen LogP contribution in [-0.2, 0) is 9.59 Å². The number of carbonyl (C=O) groups excluding carboxylic acids is 2. The number of rotatable bonds is 4. The smallest absolute Gasteiger partial charge is 0.246 e. The number of hydrogen-bond donors (Lipinski definition) is 1. The highest BCUT2D eigenvalue weighted by Crippen LogP contribution is 2.19. The van der Waals surface area contributed by atoms with Crippen molar-refractivity contribution in [3.8, 4) is 0 Å². The largest absolute Gasteiger partial charge is 0.333 e. The van der Waals surface area contributed by atoms with Gasteiger partial charge in [-0.1, -0.05) is 21.5 Å². The zero-order valence-electron chi connectivity index (χ0n) is 12.2. The highest BCUT2D eigenvalue weighted by atomic mass is 79.9. The average Bonchev–Trinajstić information content (AvgIpc) is 2.31. The lowest BCUT2D eigenvalue weighted by atomic mass is 10.2. The van der Waals surface area contributed by atoms with Crippen LogP contribution >= 0.6 is 15.9 Å². The molecule has 0 radical (unpaired) electrons. The molecule has 108 valence electrons. The molecule has 0 saturated heterocycles. The van der Waals surface area contributed by atoms with Crippen LogP contribution in [0, 0.1) is 6.92 Å². The molecule has 0 bridgehead atoms. The summed E-state index contributed by atoms with van der Waals surface area (Å²) in [6, 6.07) is 5.61. The summed E-state index contributed by atoms with van der Waals surface area (Å²) in [4.78, 5) is 25.0. The lowest BCUT2D eigenvalue weighted by Gasteiger charge is -2.16. The van der Waals surface area contributed by atoms with Crippen molar-refractivity contribution in [3.05, 3.63) is 39.9 Å². The molecule has 0 aliphatic carbocycles. The number of anilines is 1. The van der Waals surface area contributed by atoms with E-state index in [1.165, 1.54) is 11.0 Å². The molecular weight excluding hydrogens is 320 g/mol. The van der Waals surface area contributed by atoms with Gasteiger partial charge in [0, 0.05) is 23.3 Å². The molecule has 0 unspecified atom stereocenters. The second kappa shape index (κ2) is 7.24. The molecule has 0 aliphatic rings. The van der Waals surface area contributed by atoms with E-state index >= 15 is 0 Å². The second-order valence-corrected chi connectivity index (χ2v) is 5.84. The van der Waals surface area contributed by atoms with Crippen molar-refractivity contribution in [1.82, 2.24) is 4.90 Å². The summed E-state index contributed by atoms with van der Waals surface area (Å²) in [7, 11) is 1.61. The fraction of sp³-hybridized carbons (Fsp3) is 0.333. The minimum Gasteiger partial charge on any atom is -0.333 e. The number of nitrogens with zero attached hydrogens (tertiary/aromatic N) is 1. The van der Waals surface area contributed by atoms with Crippen LogP contribution in [0.2, 0.25) is 0 Å². The maximum absolute atomic E-state index is 11.9. The fourth-order valence-electron chi connectivity index (χ4n) is 1.61. The Morgan fingerprint density at radius 1 is 1.35 bits per heavy atom. The first-order valence-corrected chi connectivity index (χ1v) is 7.05. The van der Waals surface area contributed by atoms with Crippen LogP contribution in [-0.4, -0.2) is 30.3 Å². The van der Waals surface area contributed by atoms with Crippen molar-refractivity contribution in [2.75, 3.05) is 18.9 Å². The average molecular weight is 339 g/mol. The molecule has 0 saturated carbocycles. The van der Waals surface area contributed by atoms with Gasteiger partial charge in [-0.05, 0) is 44.5 Å². The Hall–Kier alpha value is -1.62. The molecule has 0 atom stereocenters. The molecule has 5 heteroatoms. The number of amides is 2. The van der Waals surface area contributed by atoms with Crippen LogP contribution in [0.4, 0.5) is 5.69 Å². The van der Waals surface area contributed by atoms with E-state index in [0.717, 1.165) is 21.3 Å². The zero-order valence-corrected chi connectivity index (χ0v) is 13.7. The molecule has 0 spiro atoms. The SMILES string of the molecule is CC(C)=CC(=O)N(C)CC(=O)Nc1ccc(Br)cc1C. The first-order chi connectivity index (χ1) is 9.29. The Balaban J connectivity index is 2.64. The van der Waals surface area contributed by atoms with Crippen LogP contribution in [0.5, 0.6) is 0 Å². The van der Waals surface area contributed by atoms with Crippen molar-refractivity contribution in [2.24, 2.45) is 0 Å².